The molecule has 0 spiro atoms. The first kappa shape index (κ1) is 9.59. The number of allylic oxidation sites excluding steroid dienone is 10. The van der Waals surface area contributed by atoms with Crippen LogP contribution in [0.4, 0.5) is 0 Å². The van der Waals surface area contributed by atoms with Gasteiger partial charge in [-0.3, -0.25) is 4.79 Å². The maximum absolute atomic E-state index is 11.8. The molecule has 1 saturated carbocycles. The Morgan fingerprint density at radius 2 is 1.94 bits per heavy atom. The Morgan fingerprint density at radius 1 is 1.00 bits per heavy atom. The molecule has 0 amide bonds. The molecule has 0 saturated heterocycles. The van der Waals surface area contributed by atoms with E-state index in [0.717, 1.165) is 31.3 Å². The number of fused-ring (bicyclic) bond motifs is 1. The fourth-order valence-electron chi connectivity index (χ4n) is 2.66. The summed E-state index contributed by atoms with van der Waals surface area (Å²) in [4.78, 5) is 11.8. The second-order valence-electron chi connectivity index (χ2n) is 4.42. The van der Waals surface area contributed by atoms with Crippen molar-refractivity contribution in [3.05, 3.63) is 58.7 Å². The standard InChI is InChI=1S/C15H14O/c16-15-8-4-7-14(15)13-10-9-11-5-2-1-3-6-12(11)13/h1-3,5-6,9H,4,7-8,10H2. The fraction of sp³-hybridized carbons (Fsp3) is 0.267. The van der Waals surface area contributed by atoms with E-state index in [2.05, 4.69) is 30.4 Å². The van der Waals surface area contributed by atoms with E-state index >= 15 is 0 Å². The molecule has 1 fully saturated rings. The molecule has 3 aliphatic rings. The lowest BCUT2D eigenvalue weighted by Crippen LogP contribution is -1.98. The minimum atomic E-state index is 0.364. The summed E-state index contributed by atoms with van der Waals surface area (Å²) < 4.78 is 0. The van der Waals surface area contributed by atoms with Gasteiger partial charge in [-0.2, -0.15) is 0 Å². The molecule has 0 heterocycles. The Morgan fingerprint density at radius 3 is 2.75 bits per heavy atom. The van der Waals surface area contributed by atoms with Gasteiger partial charge in [0.2, 0.25) is 0 Å². The highest BCUT2D eigenvalue weighted by Crippen LogP contribution is 2.38. The summed E-state index contributed by atoms with van der Waals surface area (Å²) in [6, 6.07) is 0. The topological polar surface area (TPSA) is 17.1 Å². The Kier molecular flexibility index (Phi) is 2.24. The largest absolute Gasteiger partial charge is 0.295 e. The summed E-state index contributed by atoms with van der Waals surface area (Å²) in [5.41, 5.74) is 4.89. The molecule has 0 atom stereocenters. The van der Waals surface area contributed by atoms with Crippen molar-refractivity contribution >= 4 is 5.78 Å². The molecule has 1 heteroatoms. The van der Waals surface area contributed by atoms with Gasteiger partial charge in [0, 0.05) is 6.42 Å². The molecule has 0 N–H and O–H groups in total. The number of Topliss-reactive ketones (excluding diaryl/α,β-unsaturated/α-hetero) is 1. The highest BCUT2D eigenvalue weighted by Gasteiger charge is 2.25. The number of ketones is 1. The van der Waals surface area contributed by atoms with Gasteiger partial charge in [0.25, 0.3) is 0 Å². The molecule has 0 aromatic rings. The monoisotopic (exact) mass is 210 g/mol. The molecule has 16 heavy (non-hydrogen) atoms. The SMILES string of the molecule is O=C1CCCC1=C1CC=C2C=CC=CC=C21. The third kappa shape index (κ3) is 1.44. The molecule has 0 aromatic heterocycles. The van der Waals surface area contributed by atoms with Gasteiger partial charge in [-0.25, -0.2) is 0 Å². The van der Waals surface area contributed by atoms with Crippen molar-refractivity contribution in [2.75, 3.05) is 0 Å². The van der Waals surface area contributed by atoms with E-state index in [9.17, 15) is 4.79 Å². The molecule has 0 bridgehead atoms. The minimum Gasteiger partial charge on any atom is -0.295 e. The van der Waals surface area contributed by atoms with Crippen LogP contribution in [0.3, 0.4) is 0 Å². The van der Waals surface area contributed by atoms with Crippen LogP contribution in [-0.2, 0) is 4.79 Å². The van der Waals surface area contributed by atoms with Gasteiger partial charge in [0.1, 0.15) is 0 Å². The summed E-state index contributed by atoms with van der Waals surface area (Å²) in [7, 11) is 0. The van der Waals surface area contributed by atoms with Crippen molar-refractivity contribution in [2.24, 2.45) is 0 Å². The summed E-state index contributed by atoms with van der Waals surface area (Å²) in [6.07, 6.45) is 16.3. The highest BCUT2D eigenvalue weighted by atomic mass is 16.1. The van der Waals surface area contributed by atoms with Crippen LogP contribution in [0.1, 0.15) is 25.7 Å². The van der Waals surface area contributed by atoms with Crippen molar-refractivity contribution < 1.29 is 4.79 Å². The maximum atomic E-state index is 11.8. The first-order valence-corrected chi connectivity index (χ1v) is 5.87. The van der Waals surface area contributed by atoms with Gasteiger partial charge < -0.3 is 0 Å². The predicted molar refractivity (Wildman–Crippen MR) is 64.9 cm³/mol. The number of carbonyl (C=O) groups is 1. The highest BCUT2D eigenvalue weighted by molar-refractivity contribution is 5.99. The van der Waals surface area contributed by atoms with Crippen LogP contribution < -0.4 is 0 Å². The van der Waals surface area contributed by atoms with E-state index < -0.39 is 0 Å². The fourth-order valence-corrected chi connectivity index (χ4v) is 2.66. The van der Waals surface area contributed by atoms with Crippen molar-refractivity contribution in [1.82, 2.24) is 0 Å². The molecule has 3 aliphatic carbocycles. The minimum absolute atomic E-state index is 0.364. The lowest BCUT2D eigenvalue weighted by atomic mass is 9.97. The lowest BCUT2D eigenvalue weighted by molar-refractivity contribution is -0.114. The first-order chi connectivity index (χ1) is 7.86. The predicted octanol–water partition coefficient (Wildman–Crippen LogP) is 3.42. The molecule has 0 aliphatic heterocycles. The molecule has 3 rings (SSSR count). The van der Waals surface area contributed by atoms with E-state index in [1.807, 2.05) is 6.08 Å². The smallest absolute Gasteiger partial charge is 0.159 e. The Balaban J connectivity index is 2.08. The zero-order valence-corrected chi connectivity index (χ0v) is 9.20. The number of carbonyl (C=O) groups excluding carboxylic acids is 1. The van der Waals surface area contributed by atoms with Gasteiger partial charge in [-0.15, -0.1) is 0 Å². The zero-order valence-electron chi connectivity index (χ0n) is 9.20. The summed E-state index contributed by atoms with van der Waals surface area (Å²) in [5, 5.41) is 0. The van der Waals surface area contributed by atoms with E-state index in [0.29, 0.717) is 5.78 Å². The number of hydrogen-bond acceptors (Lipinski definition) is 1. The van der Waals surface area contributed by atoms with Crippen LogP contribution in [0.2, 0.25) is 0 Å². The van der Waals surface area contributed by atoms with Crippen molar-refractivity contribution in [3.8, 4) is 0 Å². The second kappa shape index (κ2) is 3.75. The molecule has 1 nitrogen and oxygen atoms in total. The Bertz CT molecular complexity index is 496. The summed E-state index contributed by atoms with van der Waals surface area (Å²) in [5.74, 6) is 0.364. The third-order valence-corrected chi connectivity index (χ3v) is 3.45. The summed E-state index contributed by atoms with van der Waals surface area (Å²) in [6.45, 7) is 0. The Hall–Kier alpha value is -1.63. The Labute approximate surface area is 95.5 Å². The molecule has 0 radical (unpaired) electrons. The number of hydrogen-bond donors (Lipinski definition) is 0. The maximum Gasteiger partial charge on any atom is 0.159 e. The van der Waals surface area contributed by atoms with Crippen LogP contribution in [0.5, 0.6) is 0 Å². The van der Waals surface area contributed by atoms with Gasteiger partial charge >= 0.3 is 0 Å². The zero-order chi connectivity index (χ0) is 11.0. The van der Waals surface area contributed by atoms with Crippen molar-refractivity contribution in [2.45, 2.75) is 25.7 Å². The molecular formula is C15H14O. The lowest BCUT2D eigenvalue weighted by Gasteiger charge is -2.06. The van der Waals surface area contributed by atoms with E-state index in [1.165, 1.54) is 16.7 Å². The van der Waals surface area contributed by atoms with Crippen LogP contribution in [0.15, 0.2) is 58.7 Å². The van der Waals surface area contributed by atoms with Crippen LogP contribution >= 0.6 is 0 Å². The average molecular weight is 210 g/mol. The third-order valence-electron chi connectivity index (χ3n) is 3.45. The van der Waals surface area contributed by atoms with E-state index in [1.54, 1.807) is 0 Å². The normalized spacial score (nSPS) is 27.9. The van der Waals surface area contributed by atoms with Crippen LogP contribution in [-0.4, -0.2) is 5.78 Å². The quantitative estimate of drug-likeness (QED) is 0.560. The molecule has 0 aromatic carbocycles. The van der Waals surface area contributed by atoms with Crippen LogP contribution in [0.25, 0.3) is 0 Å². The number of rotatable bonds is 0. The van der Waals surface area contributed by atoms with Gasteiger partial charge in [-0.05, 0) is 41.6 Å². The molecular weight excluding hydrogens is 196 g/mol. The average Bonchev–Trinajstić information content (AvgIpc) is 2.78. The van der Waals surface area contributed by atoms with Gasteiger partial charge in [0.15, 0.2) is 5.78 Å². The van der Waals surface area contributed by atoms with Crippen molar-refractivity contribution in [1.29, 1.82) is 0 Å². The van der Waals surface area contributed by atoms with Gasteiger partial charge in [-0.1, -0.05) is 36.5 Å². The second-order valence-corrected chi connectivity index (χ2v) is 4.42. The summed E-state index contributed by atoms with van der Waals surface area (Å²) >= 11 is 0. The molecule has 80 valence electrons. The van der Waals surface area contributed by atoms with E-state index in [-0.39, 0.29) is 0 Å². The van der Waals surface area contributed by atoms with Gasteiger partial charge in [0.05, 0.1) is 0 Å². The molecule has 0 unspecified atom stereocenters. The van der Waals surface area contributed by atoms with E-state index in [4.69, 9.17) is 0 Å². The first-order valence-electron chi connectivity index (χ1n) is 5.87. The van der Waals surface area contributed by atoms with Crippen LogP contribution in [0, 0.1) is 0 Å². The van der Waals surface area contributed by atoms with Crippen molar-refractivity contribution in [3.63, 3.8) is 0 Å².